The quantitative estimate of drug-likeness (QED) is 0.368. The van der Waals surface area contributed by atoms with Crippen molar-refractivity contribution < 1.29 is 18.8 Å². The summed E-state index contributed by atoms with van der Waals surface area (Å²) in [6, 6.07) is 1.73. The summed E-state index contributed by atoms with van der Waals surface area (Å²) in [6.45, 7) is 10.6. The number of hydrogen-bond donors (Lipinski definition) is 1. The number of nitrogens with one attached hydrogen (secondary N) is 1. The third-order valence-electron chi connectivity index (χ3n) is 6.11. The Morgan fingerprint density at radius 3 is 2.80 bits per heavy atom. The highest BCUT2D eigenvalue weighted by Crippen LogP contribution is 2.34. The molecular formula is C23H33N3O4. The van der Waals surface area contributed by atoms with E-state index >= 15 is 0 Å². The average Bonchev–Trinajstić information content (AvgIpc) is 3.16. The first-order valence-electron chi connectivity index (χ1n) is 10.8. The van der Waals surface area contributed by atoms with Crippen molar-refractivity contribution in [2.45, 2.75) is 65.0 Å². The first kappa shape index (κ1) is 22.3. The number of allylic oxidation sites excluding steroid dienone is 3. The van der Waals surface area contributed by atoms with Crippen molar-refractivity contribution in [3.8, 4) is 0 Å². The van der Waals surface area contributed by atoms with Gasteiger partial charge in [-0.25, -0.2) is 0 Å². The van der Waals surface area contributed by atoms with Crippen LogP contribution >= 0.6 is 0 Å². The molecule has 1 atom stereocenters. The van der Waals surface area contributed by atoms with Gasteiger partial charge in [0.1, 0.15) is 17.6 Å². The Morgan fingerprint density at radius 1 is 1.47 bits per heavy atom. The fourth-order valence-corrected chi connectivity index (χ4v) is 3.51. The molecule has 0 spiro atoms. The van der Waals surface area contributed by atoms with Crippen LogP contribution < -0.4 is 5.32 Å². The van der Waals surface area contributed by atoms with Gasteiger partial charge in [-0.1, -0.05) is 24.2 Å². The average molecular weight is 416 g/mol. The lowest BCUT2D eigenvalue weighted by Crippen LogP contribution is -2.45. The maximum atomic E-state index is 12.4. The van der Waals surface area contributed by atoms with Crippen LogP contribution in [0.4, 0.5) is 0 Å². The van der Waals surface area contributed by atoms with Gasteiger partial charge in [0.15, 0.2) is 0 Å². The molecular weight excluding hydrogens is 382 g/mol. The predicted octanol–water partition coefficient (Wildman–Crippen LogP) is 4.37. The van der Waals surface area contributed by atoms with Crippen molar-refractivity contribution >= 4 is 17.4 Å². The molecule has 1 heterocycles. The summed E-state index contributed by atoms with van der Waals surface area (Å²) in [5.41, 5.74) is 1.64. The lowest BCUT2D eigenvalue weighted by Gasteiger charge is -2.36. The summed E-state index contributed by atoms with van der Waals surface area (Å²) in [6.07, 6.45) is 7.08. The molecule has 1 unspecified atom stereocenters. The number of aliphatic imine (C=N–C) groups is 1. The highest BCUT2D eigenvalue weighted by Gasteiger charge is 2.35. The highest BCUT2D eigenvalue weighted by molar-refractivity contribution is 5.92. The Balaban J connectivity index is 1.41. The van der Waals surface area contributed by atoms with Gasteiger partial charge in [-0.05, 0) is 57.9 Å². The molecule has 164 valence electrons. The molecule has 1 aromatic heterocycles. The Bertz CT molecular complexity index is 816. The van der Waals surface area contributed by atoms with Crippen LogP contribution in [0.5, 0.6) is 0 Å². The molecule has 7 heteroatoms. The zero-order chi connectivity index (χ0) is 21.7. The van der Waals surface area contributed by atoms with Crippen molar-refractivity contribution in [1.29, 1.82) is 0 Å². The first-order valence-corrected chi connectivity index (χ1v) is 10.8. The third kappa shape index (κ3) is 5.39. The lowest BCUT2D eigenvalue weighted by atomic mass is 9.79. The largest absolute Gasteiger partial charge is 0.445 e. The molecule has 30 heavy (non-hydrogen) atoms. The second kappa shape index (κ2) is 10.1. The summed E-state index contributed by atoms with van der Waals surface area (Å²) in [5.74, 6) is 2.06. The monoisotopic (exact) mass is 415 g/mol. The number of hydrogen-bond acceptors (Lipinski definition) is 6. The Kier molecular flexibility index (Phi) is 7.48. The van der Waals surface area contributed by atoms with Crippen molar-refractivity contribution in [2.24, 2.45) is 16.8 Å². The van der Waals surface area contributed by atoms with Gasteiger partial charge in [-0.2, -0.15) is 0 Å². The summed E-state index contributed by atoms with van der Waals surface area (Å²) in [4.78, 5) is 16.6. The van der Waals surface area contributed by atoms with Gasteiger partial charge < -0.3 is 19.3 Å². The second-order valence-corrected chi connectivity index (χ2v) is 8.29. The lowest BCUT2D eigenvalue weighted by molar-refractivity contribution is 0.0410. The summed E-state index contributed by atoms with van der Waals surface area (Å²) >= 11 is 0. The molecule has 3 rings (SSSR count). The Hall–Kier alpha value is -2.41. The number of aromatic nitrogens is 1. The van der Waals surface area contributed by atoms with Gasteiger partial charge in [-0.3, -0.25) is 9.79 Å². The summed E-state index contributed by atoms with van der Waals surface area (Å²) in [7, 11) is 1.71. The van der Waals surface area contributed by atoms with Gasteiger partial charge >= 0.3 is 0 Å². The second-order valence-electron chi connectivity index (χ2n) is 8.29. The van der Waals surface area contributed by atoms with Crippen LogP contribution in [0.15, 0.2) is 34.0 Å². The van der Waals surface area contributed by atoms with Gasteiger partial charge in [0.25, 0.3) is 5.91 Å². The van der Waals surface area contributed by atoms with E-state index in [9.17, 15) is 4.79 Å². The van der Waals surface area contributed by atoms with Crippen LogP contribution in [0.25, 0.3) is 5.57 Å². The van der Waals surface area contributed by atoms with Gasteiger partial charge in [-0.15, -0.1) is 0 Å². The molecule has 2 saturated carbocycles. The van der Waals surface area contributed by atoms with Gasteiger partial charge in [0.2, 0.25) is 11.7 Å². The number of carbonyl (C=O) groups is 1. The van der Waals surface area contributed by atoms with E-state index in [4.69, 9.17) is 14.0 Å². The Labute approximate surface area is 178 Å². The maximum Gasteiger partial charge on any atom is 0.290 e. The molecule has 1 aromatic rings. The standard InChI is InChI=1S/C23H33N3O4/c1-6-14(2)20-12-21(30-26-20)22(27)25-19-10-18(11-19)15(3)29-23(24-5)16(4)28-13-17-8-7-9-17/h6,12,16-19H,3,7-11,13H2,1-2,4-5H3,(H,25,27)/b14-6+,24-23?. The predicted molar refractivity (Wildman–Crippen MR) is 116 cm³/mol. The molecule has 1 amide bonds. The van der Waals surface area contributed by atoms with E-state index in [2.05, 4.69) is 22.0 Å². The van der Waals surface area contributed by atoms with Crippen LogP contribution in [0.1, 0.15) is 69.1 Å². The highest BCUT2D eigenvalue weighted by atomic mass is 16.5. The van der Waals surface area contributed by atoms with E-state index in [1.165, 1.54) is 19.3 Å². The number of carbonyl (C=O) groups excluding carboxylic acids is 1. The molecule has 2 aliphatic carbocycles. The number of amides is 1. The minimum Gasteiger partial charge on any atom is -0.445 e. The fourth-order valence-electron chi connectivity index (χ4n) is 3.51. The SMILES string of the molecule is C=C(OC(=NC)C(C)OCC1CCC1)C1CC(NC(=O)c2cc(/C(C)=C/C)no2)C1. The van der Waals surface area contributed by atoms with Crippen LogP contribution in [-0.2, 0) is 9.47 Å². The molecule has 0 bridgehead atoms. The molecule has 0 aromatic carbocycles. The zero-order valence-corrected chi connectivity index (χ0v) is 18.4. The molecule has 1 N–H and O–H groups in total. The number of ether oxygens (including phenoxy) is 2. The zero-order valence-electron chi connectivity index (χ0n) is 18.4. The molecule has 0 aliphatic heterocycles. The van der Waals surface area contributed by atoms with E-state index < -0.39 is 0 Å². The normalized spacial score (nSPS) is 23.3. The van der Waals surface area contributed by atoms with Gasteiger partial charge in [0.05, 0.1) is 6.61 Å². The van der Waals surface area contributed by atoms with E-state index in [1.54, 1.807) is 13.1 Å². The minimum atomic E-state index is -0.249. The first-order chi connectivity index (χ1) is 14.4. The summed E-state index contributed by atoms with van der Waals surface area (Å²) in [5, 5.41) is 6.91. The topological polar surface area (TPSA) is 86.0 Å². The fraction of sp³-hybridized carbons (Fsp3) is 0.609. The number of nitrogens with zero attached hydrogens (tertiary/aromatic N) is 2. The molecule has 0 saturated heterocycles. The third-order valence-corrected chi connectivity index (χ3v) is 6.11. The van der Waals surface area contributed by atoms with Crippen molar-refractivity contribution in [3.05, 3.63) is 35.9 Å². The molecule has 2 fully saturated rings. The van der Waals surface area contributed by atoms with Crippen molar-refractivity contribution in [1.82, 2.24) is 10.5 Å². The molecule has 2 aliphatic rings. The smallest absolute Gasteiger partial charge is 0.290 e. The Morgan fingerprint density at radius 2 is 2.20 bits per heavy atom. The minimum absolute atomic E-state index is 0.0634. The van der Waals surface area contributed by atoms with E-state index in [1.807, 2.05) is 26.8 Å². The van der Waals surface area contributed by atoms with Crippen LogP contribution in [0.3, 0.4) is 0 Å². The molecule has 0 radical (unpaired) electrons. The van der Waals surface area contributed by atoms with Crippen molar-refractivity contribution in [3.63, 3.8) is 0 Å². The van der Waals surface area contributed by atoms with Gasteiger partial charge in [0, 0.05) is 25.1 Å². The van der Waals surface area contributed by atoms with Crippen LogP contribution in [0, 0.1) is 11.8 Å². The van der Waals surface area contributed by atoms with E-state index in [0.717, 1.165) is 25.0 Å². The number of rotatable bonds is 9. The van der Waals surface area contributed by atoms with Crippen molar-refractivity contribution in [2.75, 3.05) is 13.7 Å². The van der Waals surface area contributed by atoms with Crippen LogP contribution in [-0.4, -0.2) is 42.8 Å². The van der Waals surface area contributed by atoms with E-state index in [0.29, 0.717) is 23.3 Å². The van der Waals surface area contributed by atoms with Crippen LogP contribution in [0.2, 0.25) is 0 Å². The molecule has 7 nitrogen and oxygen atoms in total. The summed E-state index contributed by atoms with van der Waals surface area (Å²) < 4.78 is 17.0. The van der Waals surface area contributed by atoms with E-state index in [-0.39, 0.29) is 29.7 Å². The maximum absolute atomic E-state index is 12.4.